The van der Waals surface area contributed by atoms with Gasteiger partial charge in [-0.3, -0.25) is 9.59 Å². The smallest absolute Gasteiger partial charge is 0.375 e. The molecule has 24 heavy (non-hydrogen) atoms. The normalized spacial score (nSPS) is 19.8. The van der Waals surface area contributed by atoms with Gasteiger partial charge in [-0.2, -0.15) is 13.2 Å². The quantitative estimate of drug-likeness (QED) is 0.847. The Bertz CT molecular complexity index is 832. The van der Waals surface area contributed by atoms with Crippen LogP contribution in [-0.4, -0.2) is 16.8 Å². The first kappa shape index (κ1) is 16.2. The van der Waals surface area contributed by atoms with E-state index in [1.807, 2.05) is 0 Å². The fourth-order valence-corrected chi connectivity index (χ4v) is 2.78. The summed E-state index contributed by atoms with van der Waals surface area (Å²) in [5, 5.41) is 13.0. The SMILES string of the molecule is O=C(C[C@@]1(O)C(=O)Nc2ccccc21)c1ccccc1C(F)(F)F. The number of amides is 1. The largest absolute Gasteiger partial charge is 0.417 e. The summed E-state index contributed by atoms with van der Waals surface area (Å²) in [6.45, 7) is 0. The number of carbonyl (C=O) groups is 2. The molecule has 1 aliphatic heterocycles. The van der Waals surface area contributed by atoms with Crippen LogP contribution >= 0.6 is 0 Å². The second-order valence-electron chi connectivity index (χ2n) is 5.50. The zero-order valence-corrected chi connectivity index (χ0v) is 12.2. The molecule has 0 unspecified atom stereocenters. The van der Waals surface area contributed by atoms with E-state index in [0.29, 0.717) is 5.69 Å². The molecule has 1 amide bonds. The average molecular weight is 335 g/mol. The highest BCUT2D eigenvalue weighted by Crippen LogP contribution is 2.40. The maximum Gasteiger partial charge on any atom is 0.417 e. The molecular weight excluding hydrogens is 323 g/mol. The van der Waals surface area contributed by atoms with Crippen LogP contribution < -0.4 is 5.32 Å². The Morgan fingerprint density at radius 2 is 1.71 bits per heavy atom. The van der Waals surface area contributed by atoms with Crippen molar-refractivity contribution >= 4 is 17.4 Å². The summed E-state index contributed by atoms with van der Waals surface area (Å²) in [7, 11) is 0. The van der Waals surface area contributed by atoms with Crippen LogP contribution in [-0.2, 0) is 16.6 Å². The standard InChI is InChI=1S/C17H12F3NO3/c18-17(19,20)11-6-2-1-5-10(11)14(22)9-16(24)12-7-3-4-8-13(12)21-15(16)23/h1-8,24H,9H2,(H,21,23)/t16-/m0/s1. The fraction of sp³-hybridized carbons (Fsp3) is 0.176. The van der Waals surface area contributed by atoms with Crippen LogP contribution in [0.15, 0.2) is 48.5 Å². The second-order valence-corrected chi connectivity index (χ2v) is 5.50. The van der Waals surface area contributed by atoms with E-state index in [1.54, 1.807) is 18.2 Å². The summed E-state index contributed by atoms with van der Waals surface area (Å²) in [5.41, 5.74) is -3.34. The van der Waals surface area contributed by atoms with Crippen molar-refractivity contribution in [2.75, 3.05) is 5.32 Å². The van der Waals surface area contributed by atoms with Crippen molar-refractivity contribution in [1.82, 2.24) is 0 Å². The molecule has 124 valence electrons. The van der Waals surface area contributed by atoms with Gasteiger partial charge in [0.05, 0.1) is 12.0 Å². The van der Waals surface area contributed by atoms with Gasteiger partial charge in [0, 0.05) is 16.8 Å². The number of aliphatic hydroxyl groups is 1. The molecule has 1 atom stereocenters. The van der Waals surface area contributed by atoms with Crippen molar-refractivity contribution in [3.63, 3.8) is 0 Å². The van der Waals surface area contributed by atoms with Gasteiger partial charge >= 0.3 is 6.18 Å². The number of hydrogen-bond acceptors (Lipinski definition) is 3. The molecule has 0 aliphatic carbocycles. The number of anilines is 1. The number of hydrogen-bond donors (Lipinski definition) is 2. The molecule has 0 fully saturated rings. The first-order valence-electron chi connectivity index (χ1n) is 7.06. The van der Waals surface area contributed by atoms with Crippen molar-refractivity contribution in [2.24, 2.45) is 0 Å². The van der Waals surface area contributed by atoms with Gasteiger partial charge in [0.25, 0.3) is 5.91 Å². The van der Waals surface area contributed by atoms with E-state index in [2.05, 4.69) is 5.32 Å². The van der Waals surface area contributed by atoms with E-state index in [1.165, 1.54) is 18.2 Å². The van der Waals surface area contributed by atoms with Crippen molar-refractivity contribution in [1.29, 1.82) is 0 Å². The molecule has 2 aromatic carbocycles. The minimum absolute atomic E-state index is 0.174. The molecule has 1 aliphatic rings. The summed E-state index contributed by atoms with van der Waals surface area (Å²) in [5.74, 6) is -1.79. The minimum Gasteiger partial charge on any atom is -0.375 e. The Morgan fingerprint density at radius 3 is 2.42 bits per heavy atom. The number of benzene rings is 2. The Labute approximate surface area is 134 Å². The van der Waals surface area contributed by atoms with Crippen molar-refractivity contribution in [3.05, 3.63) is 65.2 Å². The zero-order valence-electron chi connectivity index (χ0n) is 12.2. The van der Waals surface area contributed by atoms with Gasteiger partial charge in [-0.05, 0) is 12.1 Å². The van der Waals surface area contributed by atoms with Gasteiger partial charge in [-0.25, -0.2) is 0 Å². The van der Waals surface area contributed by atoms with Gasteiger partial charge in [0.2, 0.25) is 0 Å². The minimum atomic E-state index is -4.70. The molecule has 0 spiro atoms. The van der Waals surface area contributed by atoms with Gasteiger partial charge in [0.1, 0.15) is 0 Å². The van der Waals surface area contributed by atoms with Gasteiger partial charge in [-0.15, -0.1) is 0 Å². The molecule has 2 N–H and O–H groups in total. The molecule has 0 bridgehead atoms. The van der Waals surface area contributed by atoms with Crippen molar-refractivity contribution in [3.8, 4) is 0 Å². The summed E-state index contributed by atoms with van der Waals surface area (Å²) < 4.78 is 39.1. The van der Waals surface area contributed by atoms with Gasteiger partial charge in [0.15, 0.2) is 11.4 Å². The number of halogens is 3. The van der Waals surface area contributed by atoms with Crippen LogP contribution in [0.3, 0.4) is 0 Å². The number of Topliss-reactive ketones (excluding diaryl/α,β-unsaturated/α-hetero) is 1. The van der Waals surface area contributed by atoms with E-state index in [9.17, 15) is 27.9 Å². The number of nitrogens with one attached hydrogen (secondary N) is 1. The van der Waals surface area contributed by atoms with Crippen LogP contribution in [0.4, 0.5) is 18.9 Å². The third kappa shape index (κ3) is 2.56. The molecule has 3 rings (SSSR count). The third-order valence-electron chi connectivity index (χ3n) is 3.95. The lowest BCUT2D eigenvalue weighted by atomic mass is 9.87. The Kier molecular flexibility index (Phi) is 3.68. The predicted molar refractivity (Wildman–Crippen MR) is 79.4 cm³/mol. The molecule has 0 radical (unpaired) electrons. The van der Waals surface area contributed by atoms with Crippen molar-refractivity contribution < 1.29 is 27.9 Å². The highest BCUT2D eigenvalue weighted by molar-refractivity contribution is 6.09. The topological polar surface area (TPSA) is 66.4 Å². The van der Waals surface area contributed by atoms with Crippen molar-refractivity contribution in [2.45, 2.75) is 18.2 Å². The lowest BCUT2D eigenvalue weighted by Gasteiger charge is -2.21. The summed E-state index contributed by atoms with van der Waals surface area (Å²) in [6.07, 6.45) is -5.48. The zero-order chi connectivity index (χ0) is 17.5. The summed E-state index contributed by atoms with van der Waals surface area (Å²) in [4.78, 5) is 24.5. The lowest BCUT2D eigenvalue weighted by Crippen LogP contribution is -2.36. The van der Waals surface area contributed by atoms with Gasteiger partial charge in [-0.1, -0.05) is 36.4 Å². The Balaban J connectivity index is 1.98. The number of ketones is 1. The summed E-state index contributed by atoms with van der Waals surface area (Å²) in [6, 6.07) is 10.5. The second kappa shape index (κ2) is 5.45. The summed E-state index contributed by atoms with van der Waals surface area (Å²) >= 11 is 0. The van der Waals surface area contributed by atoms with Crippen LogP contribution in [0, 0.1) is 0 Å². The van der Waals surface area contributed by atoms with Gasteiger partial charge < -0.3 is 10.4 Å². The monoisotopic (exact) mass is 335 g/mol. The highest BCUT2D eigenvalue weighted by atomic mass is 19.4. The number of alkyl halides is 3. The highest BCUT2D eigenvalue weighted by Gasteiger charge is 2.47. The number of carbonyl (C=O) groups excluding carboxylic acids is 2. The maximum absolute atomic E-state index is 13.0. The van der Waals surface area contributed by atoms with E-state index in [-0.39, 0.29) is 5.56 Å². The van der Waals surface area contributed by atoms with Crippen LogP contribution in [0.25, 0.3) is 0 Å². The van der Waals surface area contributed by atoms with Crippen LogP contribution in [0.5, 0.6) is 0 Å². The maximum atomic E-state index is 13.0. The van der Waals surface area contributed by atoms with Crippen LogP contribution in [0.2, 0.25) is 0 Å². The fourth-order valence-electron chi connectivity index (χ4n) is 2.78. The Morgan fingerprint density at radius 1 is 1.08 bits per heavy atom. The number of fused-ring (bicyclic) bond motifs is 1. The molecule has 0 saturated carbocycles. The Hall–Kier alpha value is -2.67. The molecule has 7 heteroatoms. The number of para-hydroxylation sites is 1. The van der Waals surface area contributed by atoms with E-state index < -0.39 is 41.0 Å². The molecular formula is C17H12F3NO3. The molecule has 0 aromatic heterocycles. The first-order chi connectivity index (χ1) is 11.2. The molecule has 4 nitrogen and oxygen atoms in total. The molecule has 1 heterocycles. The molecule has 0 saturated heterocycles. The third-order valence-corrected chi connectivity index (χ3v) is 3.95. The number of rotatable bonds is 3. The lowest BCUT2D eigenvalue weighted by molar-refractivity contribution is -0.138. The van der Waals surface area contributed by atoms with E-state index >= 15 is 0 Å². The average Bonchev–Trinajstić information content (AvgIpc) is 2.78. The first-order valence-corrected chi connectivity index (χ1v) is 7.06. The van der Waals surface area contributed by atoms with E-state index in [0.717, 1.165) is 12.1 Å². The van der Waals surface area contributed by atoms with Crippen LogP contribution in [0.1, 0.15) is 27.9 Å². The molecule has 2 aromatic rings. The predicted octanol–water partition coefficient (Wildman–Crippen LogP) is 3.12. The van der Waals surface area contributed by atoms with E-state index in [4.69, 9.17) is 0 Å².